The number of benzene rings is 2. The van der Waals surface area contributed by atoms with Gasteiger partial charge in [0.2, 0.25) is 0 Å². The first kappa shape index (κ1) is 12.8. The van der Waals surface area contributed by atoms with Gasteiger partial charge in [-0.25, -0.2) is 0 Å². The molecular formula is C16H12ClNO2. The fraction of sp³-hybridized carbons (Fsp3) is 0.0625. The van der Waals surface area contributed by atoms with E-state index in [2.05, 4.69) is 4.98 Å². The zero-order chi connectivity index (χ0) is 14.1. The van der Waals surface area contributed by atoms with Crippen LogP contribution in [0.3, 0.4) is 0 Å². The van der Waals surface area contributed by atoms with E-state index in [1.54, 1.807) is 25.4 Å². The van der Waals surface area contributed by atoms with E-state index in [-0.39, 0.29) is 5.75 Å². The predicted molar refractivity (Wildman–Crippen MR) is 80.4 cm³/mol. The molecule has 4 heteroatoms. The molecule has 3 rings (SSSR count). The Kier molecular flexibility index (Phi) is 3.20. The van der Waals surface area contributed by atoms with Gasteiger partial charge in [-0.3, -0.25) is 4.98 Å². The summed E-state index contributed by atoms with van der Waals surface area (Å²) in [5, 5.41) is 11.7. The molecule has 0 aliphatic carbocycles. The number of aromatic hydroxyl groups is 1. The number of halogens is 1. The van der Waals surface area contributed by atoms with Crippen LogP contribution in [0.5, 0.6) is 11.5 Å². The Balaban J connectivity index is 2.22. The van der Waals surface area contributed by atoms with Crippen LogP contribution in [0.2, 0.25) is 5.02 Å². The maximum atomic E-state index is 10.4. The van der Waals surface area contributed by atoms with E-state index in [1.807, 2.05) is 30.3 Å². The van der Waals surface area contributed by atoms with Crippen molar-refractivity contribution < 1.29 is 9.84 Å². The molecule has 0 spiro atoms. The number of aromatic nitrogens is 1. The Labute approximate surface area is 121 Å². The third-order valence-corrected chi connectivity index (χ3v) is 3.53. The zero-order valence-electron chi connectivity index (χ0n) is 10.8. The lowest BCUT2D eigenvalue weighted by atomic mass is 10.0. The highest BCUT2D eigenvalue weighted by Crippen LogP contribution is 2.39. The van der Waals surface area contributed by atoms with E-state index in [0.29, 0.717) is 16.1 Å². The average molecular weight is 286 g/mol. The molecule has 100 valence electrons. The van der Waals surface area contributed by atoms with E-state index in [0.717, 1.165) is 16.7 Å². The van der Waals surface area contributed by atoms with Crippen molar-refractivity contribution in [3.05, 3.63) is 53.7 Å². The Morgan fingerprint density at radius 1 is 1.15 bits per heavy atom. The van der Waals surface area contributed by atoms with Crippen LogP contribution < -0.4 is 4.74 Å². The molecule has 1 N–H and O–H groups in total. The molecule has 0 bridgehead atoms. The van der Waals surface area contributed by atoms with Crippen LogP contribution in [-0.4, -0.2) is 17.2 Å². The highest BCUT2D eigenvalue weighted by molar-refractivity contribution is 6.36. The topological polar surface area (TPSA) is 42.4 Å². The number of ether oxygens (including phenoxy) is 1. The molecule has 0 saturated heterocycles. The maximum Gasteiger partial charge on any atom is 0.149 e. The summed E-state index contributed by atoms with van der Waals surface area (Å²) in [6.07, 6.45) is 1.64. The largest absolute Gasteiger partial charge is 0.505 e. The molecule has 0 unspecified atom stereocenters. The quantitative estimate of drug-likeness (QED) is 0.764. The van der Waals surface area contributed by atoms with Gasteiger partial charge < -0.3 is 9.84 Å². The van der Waals surface area contributed by atoms with E-state index < -0.39 is 0 Å². The van der Waals surface area contributed by atoms with E-state index >= 15 is 0 Å². The van der Waals surface area contributed by atoms with Crippen molar-refractivity contribution in [3.8, 4) is 22.6 Å². The molecule has 0 radical (unpaired) electrons. The molecule has 3 aromatic rings. The second-order valence-corrected chi connectivity index (χ2v) is 4.79. The lowest BCUT2D eigenvalue weighted by Gasteiger charge is -2.10. The SMILES string of the molecule is COc1ccc(-c2cc(Cl)c3cccnc3c2O)cc1. The number of hydrogen-bond donors (Lipinski definition) is 1. The van der Waals surface area contributed by atoms with Gasteiger partial charge in [0.05, 0.1) is 12.1 Å². The van der Waals surface area contributed by atoms with E-state index in [4.69, 9.17) is 16.3 Å². The van der Waals surface area contributed by atoms with Crippen molar-refractivity contribution >= 4 is 22.5 Å². The highest BCUT2D eigenvalue weighted by atomic mass is 35.5. The number of phenolic OH excluding ortho intramolecular Hbond substituents is 1. The number of nitrogens with zero attached hydrogens (tertiary/aromatic N) is 1. The summed E-state index contributed by atoms with van der Waals surface area (Å²) in [6, 6.07) is 12.8. The number of phenols is 1. The summed E-state index contributed by atoms with van der Waals surface area (Å²) in [4.78, 5) is 4.20. The molecular weight excluding hydrogens is 274 g/mol. The summed E-state index contributed by atoms with van der Waals surface area (Å²) in [5.74, 6) is 0.897. The molecule has 3 nitrogen and oxygen atoms in total. The lowest BCUT2D eigenvalue weighted by Crippen LogP contribution is -1.86. The molecule has 0 amide bonds. The van der Waals surface area contributed by atoms with Crippen molar-refractivity contribution in [1.82, 2.24) is 4.98 Å². The zero-order valence-corrected chi connectivity index (χ0v) is 11.6. The molecule has 0 aliphatic rings. The van der Waals surface area contributed by atoms with Gasteiger partial charge in [0.1, 0.15) is 17.0 Å². The summed E-state index contributed by atoms with van der Waals surface area (Å²) < 4.78 is 5.13. The fourth-order valence-electron chi connectivity index (χ4n) is 2.18. The van der Waals surface area contributed by atoms with Gasteiger partial charge in [0, 0.05) is 17.1 Å². The minimum atomic E-state index is 0.134. The second kappa shape index (κ2) is 5.02. The highest BCUT2D eigenvalue weighted by Gasteiger charge is 2.12. The Bertz CT molecular complexity index is 769. The number of hydrogen-bond acceptors (Lipinski definition) is 3. The van der Waals surface area contributed by atoms with Gasteiger partial charge in [0.15, 0.2) is 0 Å². The number of methoxy groups -OCH3 is 1. The molecule has 20 heavy (non-hydrogen) atoms. The summed E-state index contributed by atoms with van der Waals surface area (Å²) in [6.45, 7) is 0. The van der Waals surface area contributed by atoms with Crippen LogP contribution in [0, 0.1) is 0 Å². The number of pyridine rings is 1. The van der Waals surface area contributed by atoms with Crippen LogP contribution in [0.15, 0.2) is 48.7 Å². The third kappa shape index (κ3) is 2.06. The van der Waals surface area contributed by atoms with Gasteiger partial charge in [0.25, 0.3) is 0 Å². The van der Waals surface area contributed by atoms with Crippen LogP contribution in [0.25, 0.3) is 22.0 Å². The van der Waals surface area contributed by atoms with Crippen molar-refractivity contribution in [2.24, 2.45) is 0 Å². The van der Waals surface area contributed by atoms with Gasteiger partial charge in [-0.1, -0.05) is 23.7 Å². The second-order valence-electron chi connectivity index (χ2n) is 4.38. The molecule has 0 atom stereocenters. The molecule has 1 heterocycles. The minimum Gasteiger partial charge on any atom is -0.505 e. The standard InChI is InChI=1S/C16H12ClNO2/c1-20-11-6-4-10(5-7-11)13-9-14(17)12-3-2-8-18-15(12)16(13)19/h2-9,19H,1H3. The summed E-state index contributed by atoms with van der Waals surface area (Å²) >= 11 is 6.27. The van der Waals surface area contributed by atoms with Crippen LogP contribution >= 0.6 is 11.6 Å². The number of fused-ring (bicyclic) bond motifs is 1. The van der Waals surface area contributed by atoms with E-state index in [9.17, 15) is 5.11 Å². The average Bonchev–Trinajstić information content (AvgIpc) is 2.51. The lowest BCUT2D eigenvalue weighted by molar-refractivity contribution is 0.415. The Hall–Kier alpha value is -2.26. The van der Waals surface area contributed by atoms with Crippen molar-refractivity contribution in [2.75, 3.05) is 7.11 Å². The number of rotatable bonds is 2. The first-order chi connectivity index (χ1) is 9.70. The van der Waals surface area contributed by atoms with E-state index in [1.165, 1.54) is 0 Å². The van der Waals surface area contributed by atoms with Crippen LogP contribution in [-0.2, 0) is 0 Å². The Morgan fingerprint density at radius 2 is 1.90 bits per heavy atom. The van der Waals surface area contributed by atoms with Crippen LogP contribution in [0.1, 0.15) is 0 Å². The first-order valence-electron chi connectivity index (χ1n) is 6.11. The minimum absolute atomic E-state index is 0.134. The Morgan fingerprint density at radius 3 is 2.60 bits per heavy atom. The van der Waals surface area contributed by atoms with Gasteiger partial charge in [-0.15, -0.1) is 0 Å². The summed E-state index contributed by atoms with van der Waals surface area (Å²) in [5.41, 5.74) is 2.02. The molecule has 1 aromatic heterocycles. The van der Waals surface area contributed by atoms with Crippen molar-refractivity contribution in [1.29, 1.82) is 0 Å². The van der Waals surface area contributed by atoms with Crippen molar-refractivity contribution in [2.45, 2.75) is 0 Å². The molecule has 2 aromatic carbocycles. The molecule has 0 aliphatic heterocycles. The normalized spacial score (nSPS) is 10.7. The predicted octanol–water partition coefficient (Wildman–Crippen LogP) is 4.27. The monoisotopic (exact) mass is 285 g/mol. The first-order valence-corrected chi connectivity index (χ1v) is 6.49. The fourth-order valence-corrected chi connectivity index (χ4v) is 2.44. The summed E-state index contributed by atoms with van der Waals surface area (Å²) in [7, 11) is 1.61. The van der Waals surface area contributed by atoms with Gasteiger partial charge in [-0.05, 0) is 35.9 Å². The molecule has 0 fully saturated rings. The smallest absolute Gasteiger partial charge is 0.149 e. The van der Waals surface area contributed by atoms with Crippen molar-refractivity contribution in [3.63, 3.8) is 0 Å². The van der Waals surface area contributed by atoms with Crippen LogP contribution in [0.4, 0.5) is 0 Å². The maximum absolute atomic E-state index is 10.4. The molecule has 0 saturated carbocycles. The third-order valence-electron chi connectivity index (χ3n) is 3.22. The van der Waals surface area contributed by atoms with Gasteiger partial charge >= 0.3 is 0 Å². The van der Waals surface area contributed by atoms with Gasteiger partial charge in [-0.2, -0.15) is 0 Å².